The zero-order valence-corrected chi connectivity index (χ0v) is 9.94. The minimum atomic E-state index is -0.271. The molecule has 2 aromatic rings. The Morgan fingerprint density at radius 2 is 1.94 bits per heavy atom. The monoisotopic (exact) mass is 243 g/mol. The van der Waals surface area contributed by atoms with Crippen molar-refractivity contribution in [2.24, 2.45) is 5.92 Å². The van der Waals surface area contributed by atoms with Gasteiger partial charge in [-0.1, -0.05) is 12.1 Å². The molecule has 92 valence electrons. The first-order valence-electron chi connectivity index (χ1n) is 6.14. The van der Waals surface area contributed by atoms with Crippen molar-refractivity contribution in [3.63, 3.8) is 0 Å². The number of benzene rings is 1. The molecule has 0 saturated heterocycles. The van der Waals surface area contributed by atoms with E-state index >= 15 is 0 Å². The molecule has 1 aliphatic rings. The maximum atomic E-state index is 13.8. The van der Waals surface area contributed by atoms with E-state index in [-0.39, 0.29) is 5.82 Å². The minimum absolute atomic E-state index is 0.271. The average Bonchev–Trinajstić information content (AvgIpc) is 3.22. The second kappa shape index (κ2) is 4.72. The molecule has 0 aliphatic heterocycles. The summed E-state index contributed by atoms with van der Waals surface area (Å²) in [6.45, 7) is 0.889. The Hall–Kier alpha value is -1.97. The maximum absolute atomic E-state index is 13.8. The van der Waals surface area contributed by atoms with Crippen molar-refractivity contribution >= 4 is 5.82 Å². The van der Waals surface area contributed by atoms with Crippen LogP contribution in [-0.4, -0.2) is 16.5 Å². The fraction of sp³-hybridized carbons (Fsp3) is 0.286. The number of anilines is 1. The van der Waals surface area contributed by atoms with Crippen LogP contribution in [-0.2, 0) is 0 Å². The van der Waals surface area contributed by atoms with Crippen LogP contribution in [0.5, 0.6) is 0 Å². The lowest BCUT2D eigenvalue weighted by Crippen LogP contribution is -2.07. The molecule has 0 amide bonds. The zero-order valence-electron chi connectivity index (χ0n) is 9.94. The van der Waals surface area contributed by atoms with Crippen molar-refractivity contribution in [1.82, 2.24) is 9.97 Å². The molecule has 1 fully saturated rings. The summed E-state index contributed by atoms with van der Waals surface area (Å²) in [5.41, 5.74) is 1.07. The highest BCUT2D eigenvalue weighted by molar-refractivity contribution is 5.71. The molecule has 18 heavy (non-hydrogen) atoms. The lowest BCUT2D eigenvalue weighted by atomic mass is 10.1. The molecule has 3 nitrogen and oxygen atoms in total. The van der Waals surface area contributed by atoms with Crippen LogP contribution in [0.1, 0.15) is 12.8 Å². The summed E-state index contributed by atoms with van der Waals surface area (Å²) in [6.07, 6.45) is 5.74. The molecule has 1 N–H and O–H groups in total. The van der Waals surface area contributed by atoms with Gasteiger partial charge in [-0.2, -0.15) is 0 Å². The van der Waals surface area contributed by atoms with E-state index in [9.17, 15) is 4.39 Å². The Morgan fingerprint density at radius 1 is 1.17 bits per heavy atom. The number of hydrogen-bond acceptors (Lipinski definition) is 3. The molecule has 0 unspecified atom stereocenters. The Kier molecular flexibility index (Phi) is 2.92. The summed E-state index contributed by atoms with van der Waals surface area (Å²) in [6, 6.07) is 6.64. The smallest absolute Gasteiger partial charge is 0.152 e. The fourth-order valence-electron chi connectivity index (χ4n) is 1.88. The van der Waals surface area contributed by atoms with Gasteiger partial charge in [-0.3, -0.25) is 4.98 Å². The first-order valence-corrected chi connectivity index (χ1v) is 6.14. The van der Waals surface area contributed by atoms with Crippen LogP contribution < -0.4 is 5.32 Å². The van der Waals surface area contributed by atoms with E-state index in [1.165, 1.54) is 18.9 Å². The van der Waals surface area contributed by atoms with Gasteiger partial charge in [0.25, 0.3) is 0 Å². The van der Waals surface area contributed by atoms with E-state index in [0.29, 0.717) is 17.1 Å². The second-order valence-electron chi connectivity index (χ2n) is 4.56. The molecule has 1 heterocycles. The van der Waals surface area contributed by atoms with Gasteiger partial charge >= 0.3 is 0 Å². The van der Waals surface area contributed by atoms with Crippen molar-refractivity contribution in [1.29, 1.82) is 0 Å². The third-order valence-electron chi connectivity index (χ3n) is 3.08. The van der Waals surface area contributed by atoms with E-state index in [0.717, 1.165) is 12.5 Å². The number of rotatable bonds is 4. The first kappa shape index (κ1) is 11.1. The van der Waals surface area contributed by atoms with Crippen LogP contribution in [0, 0.1) is 11.7 Å². The molecule has 1 aromatic carbocycles. The van der Waals surface area contributed by atoms with Gasteiger partial charge in [-0.15, -0.1) is 0 Å². The van der Waals surface area contributed by atoms with Gasteiger partial charge in [0.2, 0.25) is 0 Å². The summed E-state index contributed by atoms with van der Waals surface area (Å²) in [4.78, 5) is 8.50. The van der Waals surface area contributed by atoms with E-state index < -0.39 is 0 Å². The minimum Gasteiger partial charge on any atom is -0.368 e. The van der Waals surface area contributed by atoms with E-state index in [2.05, 4.69) is 15.3 Å². The topological polar surface area (TPSA) is 37.8 Å². The average molecular weight is 243 g/mol. The Balaban J connectivity index is 1.92. The summed E-state index contributed by atoms with van der Waals surface area (Å²) >= 11 is 0. The van der Waals surface area contributed by atoms with Crippen molar-refractivity contribution in [2.45, 2.75) is 12.8 Å². The lowest BCUT2D eigenvalue weighted by Gasteiger charge is -2.09. The fourth-order valence-corrected chi connectivity index (χ4v) is 1.88. The lowest BCUT2D eigenvalue weighted by molar-refractivity contribution is 0.630. The summed E-state index contributed by atoms with van der Waals surface area (Å²) in [5, 5.41) is 3.26. The van der Waals surface area contributed by atoms with Crippen LogP contribution in [0.2, 0.25) is 0 Å². The summed E-state index contributed by atoms with van der Waals surface area (Å²) in [5.74, 6) is 1.13. The van der Waals surface area contributed by atoms with Gasteiger partial charge in [0.05, 0.1) is 0 Å². The first-order chi connectivity index (χ1) is 8.84. The molecule has 3 rings (SSSR count). The molecule has 1 aliphatic carbocycles. The van der Waals surface area contributed by atoms with E-state index in [1.807, 2.05) is 0 Å². The second-order valence-corrected chi connectivity index (χ2v) is 4.56. The number of hydrogen-bond donors (Lipinski definition) is 1. The standard InChI is InChI=1S/C14H14FN3/c15-12-4-2-1-3-11(12)13-14(17-8-7-16-13)18-9-10-5-6-10/h1-4,7-8,10H,5-6,9H2,(H,17,18). The third-order valence-corrected chi connectivity index (χ3v) is 3.08. The molecule has 4 heteroatoms. The predicted molar refractivity (Wildman–Crippen MR) is 68.6 cm³/mol. The molecule has 0 atom stereocenters. The maximum Gasteiger partial charge on any atom is 0.152 e. The third kappa shape index (κ3) is 2.32. The van der Waals surface area contributed by atoms with Gasteiger partial charge in [-0.25, -0.2) is 9.37 Å². The SMILES string of the molecule is Fc1ccccc1-c1nccnc1NCC1CC1. The van der Waals surface area contributed by atoms with Crippen LogP contribution in [0.3, 0.4) is 0 Å². The van der Waals surface area contributed by atoms with Crippen molar-refractivity contribution in [3.05, 3.63) is 42.5 Å². The molecular formula is C14H14FN3. The molecule has 1 saturated carbocycles. The highest BCUT2D eigenvalue weighted by atomic mass is 19.1. The predicted octanol–water partition coefficient (Wildman–Crippen LogP) is 3.10. The summed E-state index contributed by atoms with van der Waals surface area (Å²) < 4.78 is 13.8. The molecular weight excluding hydrogens is 229 g/mol. The van der Waals surface area contributed by atoms with Gasteiger partial charge in [0, 0.05) is 24.5 Å². The number of aromatic nitrogens is 2. The van der Waals surface area contributed by atoms with Crippen LogP contribution >= 0.6 is 0 Å². The van der Waals surface area contributed by atoms with E-state index in [4.69, 9.17) is 0 Å². The Labute approximate surface area is 105 Å². The normalized spacial score (nSPS) is 14.5. The molecule has 0 spiro atoms. The van der Waals surface area contributed by atoms with Gasteiger partial charge in [0.15, 0.2) is 5.82 Å². The Bertz CT molecular complexity index is 552. The Morgan fingerprint density at radius 3 is 2.72 bits per heavy atom. The summed E-state index contributed by atoms with van der Waals surface area (Å²) in [7, 11) is 0. The molecule has 1 aromatic heterocycles. The van der Waals surface area contributed by atoms with E-state index in [1.54, 1.807) is 30.6 Å². The van der Waals surface area contributed by atoms with Crippen molar-refractivity contribution in [2.75, 3.05) is 11.9 Å². The largest absolute Gasteiger partial charge is 0.368 e. The van der Waals surface area contributed by atoms with Gasteiger partial charge in [-0.05, 0) is 30.9 Å². The quantitative estimate of drug-likeness (QED) is 0.896. The van der Waals surface area contributed by atoms with Gasteiger partial charge < -0.3 is 5.32 Å². The molecule has 0 radical (unpaired) electrons. The van der Waals surface area contributed by atoms with Crippen LogP contribution in [0.4, 0.5) is 10.2 Å². The van der Waals surface area contributed by atoms with Crippen molar-refractivity contribution < 1.29 is 4.39 Å². The zero-order chi connectivity index (χ0) is 12.4. The number of halogens is 1. The highest BCUT2D eigenvalue weighted by Gasteiger charge is 2.21. The van der Waals surface area contributed by atoms with Crippen LogP contribution in [0.25, 0.3) is 11.3 Å². The molecule has 0 bridgehead atoms. The number of nitrogens with zero attached hydrogens (tertiary/aromatic N) is 2. The number of nitrogens with one attached hydrogen (secondary N) is 1. The van der Waals surface area contributed by atoms with Crippen LogP contribution in [0.15, 0.2) is 36.7 Å². The van der Waals surface area contributed by atoms with Crippen molar-refractivity contribution in [3.8, 4) is 11.3 Å². The van der Waals surface area contributed by atoms with Gasteiger partial charge in [0.1, 0.15) is 11.5 Å². The highest BCUT2D eigenvalue weighted by Crippen LogP contribution is 2.30.